The van der Waals surface area contributed by atoms with Crippen LogP contribution >= 0.6 is 0 Å². The standard InChI is InChI=1S/C40H47N5O5/c1-2-3-4-5-8-25-50-35-19-15-30(16-20-35)33-27-42-38(43-28-33)31-11-9-29(10-12-31)26-36(40(49)41-22-21-37(46)47)44-39(48)32-13-17-34(18-14-32)45-23-6-7-24-45/h9-20,27-28,36H,2-8,21-26H2,1H3,(H,41,49)(H,44,48)(H,46,47). The van der Waals surface area contributed by atoms with Crippen molar-refractivity contribution in [3.8, 4) is 28.3 Å². The van der Waals surface area contributed by atoms with Crippen LogP contribution in [0.5, 0.6) is 5.75 Å². The van der Waals surface area contributed by atoms with E-state index in [0.717, 1.165) is 72.6 Å². The smallest absolute Gasteiger partial charge is 0.305 e. The number of benzene rings is 3. The maximum atomic E-state index is 13.2. The largest absolute Gasteiger partial charge is 0.494 e. The van der Waals surface area contributed by atoms with Gasteiger partial charge in [0.2, 0.25) is 5.91 Å². The Hall–Kier alpha value is -5.25. The van der Waals surface area contributed by atoms with Crippen molar-refractivity contribution in [1.29, 1.82) is 0 Å². The van der Waals surface area contributed by atoms with Crippen molar-refractivity contribution in [2.45, 2.75) is 70.8 Å². The van der Waals surface area contributed by atoms with E-state index in [0.29, 0.717) is 11.4 Å². The predicted octanol–water partition coefficient (Wildman–Crippen LogP) is 6.69. The fourth-order valence-electron chi connectivity index (χ4n) is 5.96. The lowest BCUT2D eigenvalue weighted by Gasteiger charge is -2.20. The molecule has 4 aromatic rings. The molecule has 1 aromatic heterocycles. The maximum absolute atomic E-state index is 13.2. The lowest BCUT2D eigenvalue weighted by Crippen LogP contribution is -2.48. The van der Waals surface area contributed by atoms with Crippen molar-refractivity contribution >= 4 is 23.5 Å². The molecule has 3 N–H and O–H groups in total. The SMILES string of the molecule is CCCCCCCOc1ccc(-c2cnc(-c3ccc(CC(NC(=O)c4ccc(N5CCCC5)cc4)C(=O)NCCC(=O)O)cc3)nc2)cc1. The molecule has 2 amide bonds. The number of carboxylic acid groups (broad SMARTS) is 1. The lowest BCUT2D eigenvalue weighted by molar-refractivity contribution is -0.137. The first-order valence-electron chi connectivity index (χ1n) is 17.7. The van der Waals surface area contributed by atoms with Crippen LogP contribution in [0.2, 0.25) is 0 Å². The van der Waals surface area contributed by atoms with Gasteiger partial charge in [-0.3, -0.25) is 14.4 Å². The zero-order chi connectivity index (χ0) is 35.1. The van der Waals surface area contributed by atoms with Crippen molar-refractivity contribution < 1.29 is 24.2 Å². The van der Waals surface area contributed by atoms with Crippen LogP contribution in [-0.2, 0) is 16.0 Å². The van der Waals surface area contributed by atoms with E-state index in [-0.39, 0.29) is 25.3 Å². The fraction of sp³-hybridized carbons (Fsp3) is 0.375. The summed E-state index contributed by atoms with van der Waals surface area (Å²) in [6.45, 7) is 4.91. The Morgan fingerprint density at radius 3 is 2.14 bits per heavy atom. The quantitative estimate of drug-likeness (QED) is 0.0993. The number of hydrogen-bond acceptors (Lipinski definition) is 7. The third kappa shape index (κ3) is 10.6. The number of aromatic nitrogens is 2. The molecule has 1 aliphatic rings. The molecule has 0 radical (unpaired) electrons. The molecule has 3 aromatic carbocycles. The number of carboxylic acids is 1. The number of aliphatic carboxylic acids is 1. The highest BCUT2D eigenvalue weighted by Crippen LogP contribution is 2.24. The van der Waals surface area contributed by atoms with E-state index in [9.17, 15) is 14.4 Å². The molecule has 0 aliphatic carbocycles. The molecule has 10 nitrogen and oxygen atoms in total. The van der Waals surface area contributed by atoms with E-state index in [1.165, 1.54) is 25.7 Å². The first kappa shape index (κ1) is 36.0. The molecular weight excluding hydrogens is 630 g/mol. The van der Waals surface area contributed by atoms with E-state index in [4.69, 9.17) is 9.84 Å². The summed E-state index contributed by atoms with van der Waals surface area (Å²) < 4.78 is 5.89. The van der Waals surface area contributed by atoms with Crippen molar-refractivity contribution in [1.82, 2.24) is 20.6 Å². The van der Waals surface area contributed by atoms with Gasteiger partial charge in [0.15, 0.2) is 5.82 Å². The maximum Gasteiger partial charge on any atom is 0.305 e. The molecule has 1 atom stereocenters. The first-order chi connectivity index (χ1) is 24.4. The minimum atomic E-state index is -1.01. The number of anilines is 1. The number of carbonyl (C=O) groups is 3. The Labute approximate surface area is 294 Å². The van der Waals surface area contributed by atoms with Crippen molar-refractivity contribution in [3.05, 3.63) is 96.3 Å². The summed E-state index contributed by atoms with van der Waals surface area (Å²) in [5.74, 6) is -0.411. The highest BCUT2D eigenvalue weighted by atomic mass is 16.5. The third-order valence-electron chi connectivity index (χ3n) is 8.87. The highest BCUT2D eigenvalue weighted by molar-refractivity contribution is 5.98. The van der Waals surface area contributed by atoms with Gasteiger partial charge in [0.1, 0.15) is 11.8 Å². The van der Waals surface area contributed by atoms with E-state index in [1.54, 1.807) is 24.5 Å². The molecule has 0 spiro atoms. The van der Waals surface area contributed by atoms with E-state index < -0.39 is 17.9 Å². The summed E-state index contributed by atoms with van der Waals surface area (Å²) in [6.07, 6.45) is 11.9. The number of carbonyl (C=O) groups excluding carboxylic acids is 2. The van der Waals surface area contributed by atoms with Crippen LogP contribution in [-0.4, -0.2) is 65.1 Å². The van der Waals surface area contributed by atoms with Gasteiger partial charge in [-0.25, -0.2) is 9.97 Å². The van der Waals surface area contributed by atoms with E-state index >= 15 is 0 Å². The van der Waals surface area contributed by atoms with Crippen LogP contribution in [0.25, 0.3) is 22.5 Å². The number of nitrogens with zero attached hydrogens (tertiary/aromatic N) is 3. The van der Waals surface area contributed by atoms with Gasteiger partial charge in [-0.05, 0) is 66.8 Å². The molecule has 2 heterocycles. The molecular formula is C40H47N5O5. The van der Waals surface area contributed by atoms with E-state index in [2.05, 4.69) is 32.4 Å². The first-order valence-corrected chi connectivity index (χ1v) is 17.7. The average molecular weight is 678 g/mol. The van der Waals surface area contributed by atoms with Crippen LogP contribution in [0.1, 0.15) is 74.2 Å². The van der Waals surface area contributed by atoms with Gasteiger partial charge in [0.25, 0.3) is 5.91 Å². The molecule has 10 heteroatoms. The Balaban J connectivity index is 1.19. The van der Waals surface area contributed by atoms with Crippen LogP contribution in [0, 0.1) is 0 Å². The molecule has 262 valence electrons. The number of hydrogen-bond donors (Lipinski definition) is 3. The van der Waals surface area contributed by atoms with Gasteiger partial charge in [-0.2, -0.15) is 0 Å². The molecule has 5 rings (SSSR count). The minimum Gasteiger partial charge on any atom is -0.494 e. The topological polar surface area (TPSA) is 134 Å². The van der Waals surface area contributed by atoms with Crippen molar-refractivity contribution in [3.63, 3.8) is 0 Å². The Morgan fingerprint density at radius 1 is 0.820 bits per heavy atom. The summed E-state index contributed by atoms with van der Waals surface area (Å²) in [7, 11) is 0. The van der Waals surface area contributed by atoms with Crippen molar-refractivity contribution in [2.75, 3.05) is 31.1 Å². The predicted molar refractivity (Wildman–Crippen MR) is 195 cm³/mol. The molecule has 1 unspecified atom stereocenters. The van der Waals surface area contributed by atoms with Gasteiger partial charge in [0, 0.05) is 60.8 Å². The zero-order valence-corrected chi connectivity index (χ0v) is 28.8. The summed E-state index contributed by atoms with van der Waals surface area (Å²) >= 11 is 0. The summed E-state index contributed by atoms with van der Waals surface area (Å²) in [4.78, 5) is 48.8. The highest BCUT2D eigenvalue weighted by Gasteiger charge is 2.23. The molecule has 1 saturated heterocycles. The van der Waals surface area contributed by atoms with Gasteiger partial charge in [-0.15, -0.1) is 0 Å². The number of ether oxygens (including phenoxy) is 1. The monoisotopic (exact) mass is 677 g/mol. The zero-order valence-electron chi connectivity index (χ0n) is 28.8. The molecule has 50 heavy (non-hydrogen) atoms. The molecule has 1 aliphatic heterocycles. The molecule has 0 bridgehead atoms. The van der Waals surface area contributed by atoms with Gasteiger partial charge >= 0.3 is 5.97 Å². The summed E-state index contributed by atoms with van der Waals surface area (Å²) in [5, 5.41) is 14.5. The number of nitrogens with one attached hydrogen (secondary N) is 2. The van der Waals surface area contributed by atoms with E-state index in [1.807, 2.05) is 60.7 Å². The summed E-state index contributed by atoms with van der Waals surface area (Å²) in [6, 6.07) is 22.0. The van der Waals surface area contributed by atoms with Gasteiger partial charge < -0.3 is 25.4 Å². The third-order valence-corrected chi connectivity index (χ3v) is 8.87. The minimum absolute atomic E-state index is 0.0333. The van der Waals surface area contributed by atoms with Crippen LogP contribution in [0.15, 0.2) is 85.2 Å². The van der Waals surface area contributed by atoms with Crippen molar-refractivity contribution in [2.24, 2.45) is 0 Å². The normalized spacial score (nSPS) is 13.1. The van der Waals surface area contributed by atoms with Crippen LogP contribution in [0.3, 0.4) is 0 Å². The van der Waals surface area contributed by atoms with Gasteiger partial charge in [0.05, 0.1) is 13.0 Å². The molecule has 0 saturated carbocycles. The number of amides is 2. The molecule has 1 fully saturated rings. The Bertz CT molecular complexity index is 1670. The summed E-state index contributed by atoms with van der Waals surface area (Å²) in [5.41, 5.74) is 5.05. The van der Waals surface area contributed by atoms with Gasteiger partial charge in [-0.1, -0.05) is 69.0 Å². The lowest BCUT2D eigenvalue weighted by atomic mass is 10.0. The fourth-order valence-corrected chi connectivity index (χ4v) is 5.96. The van der Waals surface area contributed by atoms with Crippen LogP contribution < -0.4 is 20.3 Å². The number of unbranched alkanes of at least 4 members (excludes halogenated alkanes) is 4. The second kappa shape index (κ2) is 18.5. The van der Waals surface area contributed by atoms with Crippen LogP contribution in [0.4, 0.5) is 5.69 Å². The second-order valence-corrected chi connectivity index (χ2v) is 12.7. The Morgan fingerprint density at radius 2 is 1.48 bits per heavy atom. The average Bonchev–Trinajstić information content (AvgIpc) is 3.69. The number of rotatable bonds is 18. The Kier molecular flexibility index (Phi) is 13.3. The second-order valence-electron chi connectivity index (χ2n) is 12.7.